The number of likely N-dealkylation sites (tertiary alicyclic amines) is 1. The molecule has 1 aliphatic rings. The first-order valence-corrected chi connectivity index (χ1v) is 5.92. The van der Waals surface area contributed by atoms with E-state index in [1.807, 2.05) is 0 Å². The Balaban J connectivity index is 1.85. The van der Waals surface area contributed by atoms with Gasteiger partial charge in [0.1, 0.15) is 0 Å². The number of halogens is 1. The third-order valence-electron chi connectivity index (χ3n) is 3.07. The van der Waals surface area contributed by atoms with Gasteiger partial charge in [0.15, 0.2) is 0 Å². The molecule has 0 aromatic heterocycles. The molecule has 92 valence electrons. The predicted molar refractivity (Wildman–Crippen MR) is 64.3 cm³/mol. The number of alkyl halides is 1. The van der Waals surface area contributed by atoms with Crippen molar-refractivity contribution >= 4 is 5.91 Å². The van der Waals surface area contributed by atoms with E-state index in [2.05, 4.69) is 17.1 Å². The Labute approximate surface area is 101 Å². The molecule has 1 heterocycles. The fraction of sp³-hybridized carbons (Fsp3) is 0.462. The third-order valence-corrected chi connectivity index (χ3v) is 3.07. The van der Waals surface area contributed by atoms with E-state index in [1.165, 1.54) is 0 Å². The zero-order valence-electron chi connectivity index (χ0n) is 9.90. The number of nitrogens with zero attached hydrogens (tertiary/aromatic N) is 1. The number of rotatable bonds is 4. The number of hydrogen-bond acceptors (Lipinski definition) is 2. The van der Waals surface area contributed by atoms with Crippen LogP contribution in [0.5, 0.6) is 0 Å². The SMILES string of the molecule is CCN1CC(NC(=O)C(F)c2ccccc2)C1. The topological polar surface area (TPSA) is 32.3 Å². The van der Waals surface area contributed by atoms with Gasteiger partial charge in [-0.15, -0.1) is 0 Å². The monoisotopic (exact) mass is 236 g/mol. The predicted octanol–water partition coefficient (Wildman–Crippen LogP) is 1.52. The minimum absolute atomic E-state index is 0.101. The molecular formula is C13H17FN2O. The highest BCUT2D eigenvalue weighted by atomic mass is 19.1. The Morgan fingerprint density at radius 3 is 2.71 bits per heavy atom. The van der Waals surface area contributed by atoms with E-state index in [1.54, 1.807) is 30.3 Å². The van der Waals surface area contributed by atoms with Crippen LogP contribution in [0.2, 0.25) is 0 Å². The summed E-state index contributed by atoms with van der Waals surface area (Å²) < 4.78 is 13.8. The van der Waals surface area contributed by atoms with Crippen molar-refractivity contribution in [2.75, 3.05) is 19.6 Å². The average molecular weight is 236 g/mol. The second-order valence-electron chi connectivity index (χ2n) is 4.33. The fourth-order valence-corrected chi connectivity index (χ4v) is 1.97. The van der Waals surface area contributed by atoms with Crippen LogP contribution < -0.4 is 5.32 Å². The summed E-state index contributed by atoms with van der Waals surface area (Å²) in [7, 11) is 0. The summed E-state index contributed by atoms with van der Waals surface area (Å²) in [6.45, 7) is 4.69. The summed E-state index contributed by atoms with van der Waals surface area (Å²) in [5.74, 6) is -0.531. The number of benzene rings is 1. The number of carbonyl (C=O) groups excluding carboxylic acids is 1. The van der Waals surface area contributed by atoms with E-state index < -0.39 is 12.1 Å². The van der Waals surface area contributed by atoms with Crippen LogP contribution in [0.4, 0.5) is 4.39 Å². The van der Waals surface area contributed by atoms with Crippen molar-refractivity contribution in [1.82, 2.24) is 10.2 Å². The smallest absolute Gasteiger partial charge is 0.259 e. The van der Waals surface area contributed by atoms with Gasteiger partial charge < -0.3 is 5.32 Å². The van der Waals surface area contributed by atoms with Gasteiger partial charge in [0.2, 0.25) is 6.17 Å². The van der Waals surface area contributed by atoms with Crippen molar-refractivity contribution in [1.29, 1.82) is 0 Å². The van der Waals surface area contributed by atoms with Crippen LogP contribution in [0.25, 0.3) is 0 Å². The molecule has 1 aliphatic heterocycles. The molecule has 1 amide bonds. The molecule has 1 saturated heterocycles. The molecule has 1 fully saturated rings. The zero-order chi connectivity index (χ0) is 12.3. The van der Waals surface area contributed by atoms with E-state index in [4.69, 9.17) is 0 Å². The van der Waals surface area contributed by atoms with Crippen LogP contribution in [0.3, 0.4) is 0 Å². The van der Waals surface area contributed by atoms with Gasteiger partial charge in [0, 0.05) is 13.1 Å². The van der Waals surface area contributed by atoms with Crippen LogP contribution in [0, 0.1) is 0 Å². The molecular weight excluding hydrogens is 219 g/mol. The lowest BCUT2D eigenvalue weighted by atomic mass is 10.1. The highest BCUT2D eigenvalue weighted by Gasteiger charge is 2.29. The highest BCUT2D eigenvalue weighted by molar-refractivity contribution is 5.82. The molecule has 0 aliphatic carbocycles. The standard InChI is InChI=1S/C13H17FN2O/c1-2-16-8-11(9-16)15-13(17)12(14)10-6-4-3-5-7-10/h3-7,11-12H,2,8-9H2,1H3,(H,15,17). The van der Waals surface area contributed by atoms with Crippen LogP contribution in [-0.4, -0.2) is 36.5 Å². The second kappa shape index (κ2) is 5.27. The third kappa shape index (κ3) is 2.82. The molecule has 1 unspecified atom stereocenters. The normalized spacial score (nSPS) is 18.5. The van der Waals surface area contributed by atoms with Crippen molar-refractivity contribution < 1.29 is 9.18 Å². The molecule has 2 rings (SSSR count). The zero-order valence-corrected chi connectivity index (χ0v) is 9.90. The van der Waals surface area contributed by atoms with E-state index in [9.17, 15) is 9.18 Å². The quantitative estimate of drug-likeness (QED) is 0.859. The highest BCUT2D eigenvalue weighted by Crippen LogP contribution is 2.18. The van der Waals surface area contributed by atoms with Gasteiger partial charge in [-0.25, -0.2) is 4.39 Å². The van der Waals surface area contributed by atoms with Crippen molar-refractivity contribution in [3.05, 3.63) is 35.9 Å². The molecule has 1 N–H and O–H groups in total. The lowest BCUT2D eigenvalue weighted by Crippen LogP contribution is -2.59. The maximum Gasteiger partial charge on any atom is 0.259 e. The van der Waals surface area contributed by atoms with Crippen molar-refractivity contribution in [3.8, 4) is 0 Å². The summed E-state index contributed by atoms with van der Waals surface area (Å²) in [4.78, 5) is 13.8. The summed E-state index contributed by atoms with van der Waals surface area (Å²) in [6, 6.07) is 8.63. The van der Waals surface area contributed by atoms with Crippen LogP contribution in [0.1, 0.15) is 18.7 Å². The van der Waals surface area contributed by atoms with Crippen molar-refractivity contribution in [3.63, 3.8) is 0 Å². The van der Waals surface area contributed by atoms with Crippen LogP contribution >= 0.6 is 0 Å². The van der Waals surface area contributed by atoms with Gasteiger partial charge in [-0.05, 0) is 12.1 Å². The summed E-state index contributed by atoms with van der Waals surface area (Å²) in [5.41, 5.74) is 0.414. The maximum atomic E-state index is 13.8. The Morgan fingerprint density at radius 1 is 1.47 bits per heavy atom. The van der Waals surface area contributed by atoms with E-state index in [0.29, 0.717) is 5.56 Å². The van der Waals surface area contributed by atoms with E-state index in [0.717, 1.165) is 19.6 Å². The van der Waals surface area contributed by atoms with E-state index in [-0.39, 0.29) is 6.04 Å². The average Bonchev–Trinajstić information content (AvgIpc) is 2.33. The maximum absolute atomic E-state index is 13.8. The molecule has 17 heavy (non-hydrogen) atoms. The van der Waals surface area contributed by atoms with Gasteiger partial charge in [-0.2, -0.15) is 0 Å². The fourth-order valence-electron chi connectivity index (χ4n) is 1.97. The first-order valence-electron chi connectivity index (χ1n) is 5.92. The molecule has 0 spiro atoms. The Bertz CT molecular complexity index is 376. The summed E-state index contributed by atoms with van der Waals surface area (Å²) in [6.07, 6.45) is -1.56. The van der Waals surface area contributed by atoms with E-state index >= 15 is 0 Å². The lowest BCUT2D eigenvalue weighted by molar-refractivity contribution is -0.128. The number of carbonyl (C=O) groups is 1. The van der Waals surface area contributed by atoms with Gasteiger partial charge in [0.25, 0.3) is 5.91 Å². The van der Waals surface area contributed by atoms with Gasteiger partial charge in [-0.3, -0.25) is 9.69 Å². The Kier molecular flexibility index (Phi) is 3.74. The molecule has 1 aromatic rings. The number of nitrogens with one attached hydrogen (secondary N) is 1. The van der Waals surface area contributed by atoms with Gasteiger partial charge >= 0.3 is 0 Å². The minimum atomic E-state index is -1.56. The van der Waals surface area contributed by atoms with Crippen LogP contribution in [-0.2, 0) is 4.79 Å². The van der Waals surface area contributed by atoms with Gasteiger partial charge in [0.05, 0.1) is 6.04 Å². The van der Waals surface area contributed by atoms with Crippen molar-refractivity contribution in [2.24, 2.45) is 0 Å². The molecule has 0 saturated carbocycles. The Hall–Kier alpha value is -1.42. The largest absolute Gasteiger partial charge is 0.348 e. The van der Waals surface area contributed by atoms with Gasteiger partial charge in [-0.1, -0.05) is 37.3 Å². The summed E-state index contributed by atoms with van der Waals surface area (Å²) >= 11 is 0. The molecule has 0 radical (unpaired) electrons. The molecule has 3 nitrogen and oxygen atoms in total. The first-order chi connectivity index (χ1) is 8.20. The Morgan fingerprint density at radius 2 is 2.12 bits per heavy atom. The second-order valence-corrected chi connectivity index (χ2v) is 4.33. The lowest BCUT2D eigenvalue weighted by Gasteiger charge is -2.38. The molecule has 0 bridgehead atoms. The van der Waals surface area contributed by atoms with Crippen molar-refractivity contribution in [2.45, 2.75) is 19.1 Å². The first kappa shape index (κ1) is 12.0. The number of likely N-dealkylation sites (N-methyl/N-ethyl adjacent to an activating group) is 1. The molecule has 1 aromatic carbocycles. The number of amides is 1. The summed E-state index contributed by atoms with van der Waals surface area (Å²) in [5, 5.41) is 2.72. The molecule has 1 atom stereocenters. The molecule has 4 heteroatoms. The minimum Gasteiger partial charge on any atom is -0.348 e. The van der Waals surface area contributed by atoms with Crippen LogP contribution in [0.15, 0.2) is 30.3 Å². The number of hydrogen-bond donors (Lipinski definition) is 1.